The summed E-state index contributed by atoms with van der Waals surface area (Å²) in [5.41, 5.74) is 8.49. The lowest BCUT2D eigenvalue weighted by Gasteiger charge is -2.44. The van der Waals surface area contributed by atoms with Crippen LogP contribution in [-0.4, -0.2) is 112 Å². The molecule has 2 saturated heterocycles. The molecule has 3 aromatic heterocycles. The largest absolute Gasteiger partial charge is 0.389 e. The lowest BCUT2D eigenvalue weighted by atomic mass is 9.48. The van der Waals surface area contributed by atoms with Crippen LogP contribution in [0.1, 0.15) is 41.7 Å². The highest BCUT2D eigenvalue weighted by atomic mass is 32.1. The minimum absolute atomic E-state index is 0.0694. The first-order chi connectivity index (χ1) is 21.0. The monoisotopic (exact) mass is 603 g/mol. The lowest BCUT2D eigenvalue weighted by molar-refractivity contribution is -0.126. The Morgan fingerprint density at radius 2 is 1.84 bits per heavy atom. The van der Waals surface area contributed by atoms with Crippen molar-refractivity contribution in [1.29, 1.82) is 5.26 Å². The number of amides is 1. The van der Waals surface area contributed by atoms with Crippen molar-refractivity contribution in [2.75, 3.05) is 67.9 Å². The van der Waals surface area contributed by atoms with Gasteiger partial charge >= 0.3 is 0 Å². The number of carbonyl (C=O) groups excluding carboxylic acids is 1. The average molecular weight is 603 g/mol. The van der Waals surface area contributed by atoms with Gasteiger partial charge in [0.05, 0.1) is 34.5 Å². The second-order valence-electron chi connectivity index (χ2n) is 11.8. The molecule has 11 nitrogen and oxygen atoms in total. The molecule has 2 N–H and O–H groups in total. The van der Waals surface area contributed by atoms with Crippen LogP contribution >= 0.6 is 11.3 Å². The first-order valence-corrected chi connectivity index (χ1v) is 15.5. The molecule has 2 fully saturated rings. The Kier molecular flexibility index (Phi) is 8.01. The molecule has 1 unspecified atom stereocenters. The number of aryl methyl sites for hydroxylation is 1. The minimum atomic E-state index is -1.39. The van der Waals surface area contributed by atoms with E-state index in [1.807, 2.05) is 24.0 Å². The topological polar surface area (TPSA) is 132 Å². The molecule has 15 heteroatoms. The third kappa shape index (κ3) is 5.50. The molecule has 0 aromatic carbocycles. The number of nitrogens with zero attached hydrogens (tertiary/aromatic N) is 8. The van der Waals surface area contributed by atoms with Crippen molar-refractivity contribution >= 4 is 57.3 Å². The third-order valence-corrected chi connectivity index (χ3v) is 10.0. The van der Waals surface area contributed by atoms with Gasteiger partial charge in [-0.2, -0.15) is 10.2 Å². The maximum absolute atomic E-state index is 12.2. The summed E-state index contributed by atoms with van der Waals surface area (Å²) in [4.78, 5) is 31.2. The zero-order valence-electron chi connectivity index (χ0n) is 24.8. The van der Waals surface area contributed by atoms with Crippen LogP contribution in [0.2, 0.25) is 0 Å². The van der Waals surface area contributed by atoms with Crippen molar-refractivity contribution in [3.8, 4) is 17.6 Å². The first kappa shape index (κ1) is 30.3. The Bertz CT molecular complexity index is 1610. The molecule has 3 aliphatic rings. The SMILES string of the molecule is [B]C([B])([B])N1CCN(c2cc(N3CCN(C(=O)C=C)CC3)cc(-c3noc(C4(C)CCCc5sc(N)c(C#N)c54)n3)n2)CC1. The third-order valence-electron chi connectivity index (χ3n) is 8.96. The fraction of sp³-hybridized carbons (Fsp3) is 0.483. The average Bonchev–Trinajstić information content (AvgIpc) is 3.66. The van der Waals surface area contributed by atoms with Crippen molar-refractivity contribution < 1.29 is 9.32 Å². The van der Waals surface area contributed by atoms with Gasteiger partial charge in [-0.1, -0.05) is 17.0 Å². The molecule has 5 heterocycles. The summed E-state index contributed by atoms with van der Waals surface area (Å²) < 4.78 is 5.93. The molecule has 1 aliphatic carbocycles. The molecule has 6 rings (SSSR count). The summed E-state index contributed by atoms with van der Waals surface area (Å²) in [5.74, 6) is 1.49. The molecular formula is C29H32B3N9O2S. The Labute approximate surface area is 265 Å². The second kappa shape index (κ2) is 11.6. The fourth-order valence-corrected chi connectivity index (χ4v) is 7.65. The van der Waals surface area contributed by atoms with Crippen LogP contribution in [0.3, 0.4) is 0 Å². The molecule has 1 amide bonds. The summed E-state index contributed by atoms with van der Waals surface area (Å²) in [6, 6.07) is 6.31. The summed E-state index contributed by atoms with van der Waals surface area (Å²) in [5, 5.41) is 13.4. The molecule has 2 aliphatic heterocycles. The van der Waals surface area contributed by atoms with Crippen LogP contribution < -0.4 is 15.5 Å². The summed E-state index contributed by atoms with van der Waals surface area (Å²) in [6.45, 7) is 10.5. The molecule has 44 heavy (non-hydrogen) atoms. The zero-order chi connectivity index (χ0) is 31.2. The van der Waals surface area contributed by atoms with Gasteiger partial charge in [-0.25, -0.2) is 4.98 Å². The number of carbonyl (C=O) groups is 1. The molecule has 1 atom stereocenters. The summed E-state index contributed by atoms with van der Waals surface area (Å²) >= 11 is 1.47. The number of hydrogen-bond acceptors (Lipinski definition) is 11. The van der Waals surface area contributed by atoms with Gasteiger partial charge in [0.1, 0.15) is 22.6 Å². The van der Waals surface area contributed by atoms with Gasteiger partial charge in [-0.05, 0) is 38.3 Å². The normalized spacial score (nSPS) is 21.1. The van der Waals surface area contributed by atoms with Crippen molar-refractivity contribution in [2.24, 2.45) is 0 Å². The van der Waals surface area contributed by atoms with Gasteiger partial charge in [0.25, 0.3) is 0 Å². The van der Waals surface area contributed by atoms with Gasteiger partial charge < -0.3 is 29.9 Å². The number of piperazine rings is 2. The second-order valence-corrected chi connectivity index (χ2v) is 12.9. The van der Waals surface area contributed by atoms with Crippen LogP contribution in [0.15, 0.2) is 29.3 Å². The molecule has 3 aromatic rings. The van der Waals surface area contributed by atoms with E-state index in [-0.39, 0.29) is 5.91 Å². The van der Waals surface area contributed by atoms with E-state index in [1.54, 1.807) is 4.90 Å². The standard InChI is InChI=1S/C29H32B3N9O2S/c1-3-23(42)40-9-7-38(8-10-40)18-15-20(35-22(16-18)39-11-13-41(14-12-39)29(30,31)32)26-36-27(43-37-26)28(2)6-4-5-21-24(28)19(17-33)25(34)44-21/h3,15-16H,1,4-14,34H2,2H3. The zero-order valence-corrected chi connectivity index (χ0v) is 25.6. The van der Waals surface area contributed by atoms with Crippen LogP contribution in [-0.2, 0) is 16.6 Å². The van der Waals surface area contributed by atoms with Crippen LogP contribution in [0.5, 0.6) is 0 Å². The number of fused-ring (bicyclic) bond motifs is 1. The van der Waals surface area contributed by atoms with E-state index in [9.17, 15) is 10.1 Å². The number of pyridine rings is 1. The molecule has 220 valence electrons. The van der Waals surface area contributed by atoms with Crippen LogP contribution in [0, 0.1) is 11.3 Å². The van der Waals surface area contributed by atoms with Gasteiger partial charge in [0.15, 0.2) is 0 Å². The quantitative estimate of drug-likeness (QED) is 0.326. The highest BCUT2D eigenvalue weighted by molar-refractivity contribution is 7.16. The van der Waals surface area contributed by atoms with E-state index in [4.69, 9.17) is 43.8 Å². The van der Waals surface area contributed by atoms with Crippen LogP contribution in [0.4, 0.5) is 16.5 Å². The van der Waals surface area contributed by atoms with Crippen LogP contribution in [0.25, 0.3) is 11.5 Å². The molecule has 0 saturated carbocycles. The highest BCUT2D eigenvalue weighted by Gasteiger charge is 2.43. The van der Waals surface area contributed by atoms with E-state index in [0.717, 1.165) is 41.2 Å². The van der Waals surface area contributed by atoms with E-state index in [0.29, 0.717) is 80.3 Å². The highest BCUT2D eigenvalue weighted by Crippen LogP contribution is 2.48. The van der Waals surface area contributed by atoms with Gasteiger partial charge in [-0.15, -0.1) is 11.3 Å². The Balaban J connectivity index is 1.34. The molecular weight excluding hydrogens is 571 g/mol. The Morgan fingerprint density at radius 1 is 1.14 bits per heavy atom. The predicted molar refractivity (Wildman–Crippen MR) is 173 cm³/mol. The molecule has 0 bridgehead atoms. The summed E-state index contributed by atoms with van der Waals surface area (Å²) in [6.07, 6.45) is 3.90. The number of hydrogen-bond donors (Lipinski definition) is 1. The fourth-order valence-electron chi connectivity index (χ4n) is 6.46. The molecule has 0 spiro atoms. The van der Waals surface area contributed by atoms with Crippen molar-refractivity contribution in [3.05, 3.63) is 46.7 Å². The Morgan fingerprint density at radius 3 is 2.50 bits per heavy atom. The lowest BCUT2D eigenvalue weighted by Crippen LogP contribution is -2.58. The number of rotatable bonds is 6. The smallest absolute Gasteiger partial charge is 0.246 e. The predicted octanol–water partition coefficient (Wildman–Crippen LogP) is 1.36. The van der Waals surface area contributed by atoms with E-state index in [2.05, 4.69) is 27.6 Å². The van der Waals surface area contributed by atoms with Gasteiger partial charge in [0.2, 0.25) is 17.6 Å². The number of aromatic nitrogens is 3. The number of anilines is 3. The maximum Gasteiger partial charge on any atom is 0.246 e. The first-order valence-electron chi connectivity index (χ1n) is 14.7. The number of thiophene rings is 1. The molecule has 6 radical (unpaired) electrons. The van der Waals surface area contributed by atoms with E-state index >= 15 is 0 Å². The van der Waals surface area contributed by atoms with E-state index < -0.39 is 10.7 Å². The summed E-state index contributed by atoms with van der Waals surface area (Å²) in [7, 11) is 17.8. The van der Waals surface area contributed by atoms with E-state index in [1.165, 1.54) is 17.4 Å². The van der Waals surface area contributed by atoms with Gasteiger partial charge in [0, 0.05) is 74.6 Å². The maximum atomic E-state index is 12.2. The Hall–Kier alpha value is -3.76. The van der Waals surface area contributed by atoms with Gasteiger partial charge in [-0.3, -0.25) is 4.79 Å². The van der Waals surface area contributed by atoms with Crippen molar-refractivity contribution in [2.45, 2.75) is 36.8 Å². The minimum Gasteiger partial charge on any atom is -0.389 e. The number of nitrogens with two attached hydrogens (primary N) is 1. The number of nitriles is 1. The van der Waals surface area contributed by atoms with Crippen molar-refractivity contribution in [3.63, 3.8) is 0 Å². The number of nitrogen functional groups attached to an aromatic ring is 1. The van der Waals surface area contributed by atoms with Crippen molar-refractivity contribution in [1.82, 2.24) is 24.9 Å².